The summed E-state index contributed by atoms with van der Waals surface area (Å²) in [6.45, 7) is 5.15. The highest BCUT2D eigenvalue weighted by Crippen LogP contribution is 2.19. The van der Waals surface area contributed by atoms with Crippen molar-refractivity contribution < 1.29 is 4.79 Å². The SMILES string of the molecule is Cc1cc(C)n(Cc2cccc(CNC(=O)c3ccn(-c4ccccc4Cl)n3)c2)n1. The molecule has 30 heavy (non-hydrogen) atoms. The van der Waals surface area contributed by atoms with Gasteiger partial charge in [-0.3, -0.25) is 9.48 Å². The lowest BCUT2D eigenvalue weighted by Gasteiger charge is -2.08. The summed E-state index contributed by atoms with van der Waals surface area (Å²) >= 11 is 6.21. The Kier molecular flexibility index (Phi) is 5.68. The van der Waals surface area contributed by atoms with E-state index < -0.39 is 0 Å². The van der Waals surface area contributed by atoms with Crippen LogP contribution in [0.4, 0.5) is 0 Å². The molecule has 0 aliphatic heterocycles. The van der Waals surface area contributed by atoms with E-state index in [1.54, 1.807) is 23.0 Å². The van der Waals surface area contributed by atoms with Gasteiger partial charge >= 0.3 is 0 Å². The first-order valence-electron chi connectivity index (χ1n) is 9.67. The second kappa shape index (κ2) is 8.55. The van der Waals surface area contributed by atoms with Crippen LogP contribution in [0.25, 0.3) is 5.69 Å². The average Bonchev–Trinajstić information content (AvgIpc) is 3.33. The van der Waals surface area contributed by atoms with Gasteiger partial charge in [-0.2, -0.15) is 10.2 Å². The number of hydrogen-bond acceptors (Lipinski definition) is 3. The predicted octanol–water partition coefficient (Wildman–Crippen LogP) is 4.32. The number of carbonyl (C=O) groups is 1. The number of carbonyl (C=O) groups excluding carboxylic acids is 1. The number of amides is 1. The average molecular weight is 420 g/mol. The standard InChI is InChI=1S/C23H22ClN5O/c1-16-12-17(2)29(26-16)15-19-7-5-6-18(13-19)14-25-23(30)21-10-11-28(27-21)22-9-4-3-8-20(22)24/h3-13H,14-15H2,1-2H3,(H,25,30). The molecule has 0 spiro atoms. The minimum Gasteiger partial charge on any atom is -0.347 e. The number of hydrogen-bond donors (Lipinski definition) is 1. The Bertz CT molecular complexity index is 1190. The molecule has 2 aromatic carbocycles. The van der Waals surface area contributed by atoms with Gasteiger partial charge in [0.2, 0.25) is 0 Å². The van der Waals surface area contributed by atoms with Gasteiger partial charge in [-0.1, -0.05) is 48.0 Å². The third-order valence-corrected chi connectivity index (χ3v) is 5.12. The molecule has 0 bridgehead atoms. The number of nitrogens with one attached hydrogen (secondary N) is 1. The molecule has 6 nitrogen and oxygen atoms in total. The lowest BCUT2D eigenvalue weighted by molar-refractivity contribution is 0.0945. The van der Waals surface area contributed by atoms with Crippen LogP contribution in [-0.4, -0.2) is 25.5 Å². The Morgan fingerprint density at radius 2 is 1.80 bits per heavy atom. The monoisotopic (exact) mass is 419 g/mol. The van der Waals surface area contributed by atoms with Crippen molar-refractivity contribution in [2.24, 2.45) is 0 Å². The fourth-order valence-electron chi connectivity index (χ4n) is 3.34. The number of aryl methyl sites for hydroxylation is 2. The maximum atomic E-state index is 12.5. The highest BCUT2D eigenvalue weighted by molar-refractivity contribution is 6.32. The van der Waals surface area contributed by atoms with E-state index in [1.807, 2.05) is 48.9 Å². The molecule has 4 rings (SSSR count). The topological polar surface area (TPSA) is 64.7 Å². The zero-order chi connectivity index (χ0) is 21.1. The highest BCUT2D eigenvalue weighted by Gasteiger charge is 2.11. The summed E-state index contributed by atoms with van der Waals surface area (Å²) in [5.41, 5.74) is 5.36. The van der Waals surface area contributed by atoms with Crippen molar-refractivity contribution in [1.82, 2.24) is 24.9 Å². The molecule has 0 unspecified atom stereocenters. The largest absolute Gasteiger partial charge is 0.347 e. The van der Waals surface area contributed by atoms with Crippen molar-refractivity contribution in [3.63, 3.8) is 0 Å². The molecular weight excluding hydrogens is 398 g/mol. The van der Waals surface area contributed by atoms with Crippen LogP contribution >= 0.6 is 11.6 Å². The summed E-state index contributed by atoms with van der Waals surface area (Å²) in [7, 11) is 0. The van der Waals surface area contributed by atoms with Crippen molar-refractivity contribution in [3.8, 4) is 5.69 Å². The summed E-state index contributed by atoms with van der Waals surface area (Å²) in [4.78, 5) is 12.5. The lowest BCUT2D eigenvalue weighted by atomic mass is 10.1. The van der Waals surface area contributed by atoms with Crippen LogP contribution in [0, 0.1) is 13.8 Å². The maximum absolute atomic E-state index is 12.5. The molecule has 1 N–H and O–H groups in total. The number of benzene rings is 2. The smallest absolute Gasteiger partial charge is 0.272 e. The van der Waals surface area contributed by atoms with Gasteiger partial charge in [0.15, 0.2) is 5.69 Å². The summed E-state index contributed by atoms with van der Waals surface area (Å²) in [6.07, 6.45) is 1.73. The Labute approximate surface area is 180 Å². The Hall–Kier alpha value is -3.38. The molecule has 7 heteroatoms. The molecule has 0 radical (unpaired) electrons. The van der Waals surface area contributed by atoms with Gasteiger partial charge in [0.25, 0.3) is 5.91 Å². The number of nitrogens with zero attached hydrogens (tertiary/aromatic N) is 4. The minimum atomic E-state index is -0.232. The van der Waals surface area contributed by atoms with Gasteiger partial charge in [0, 0.05) is 18.4 Å². The molecule has 1 amide bonds. The van der Waals surface area contributed by atoms with Crippen LogP contribution < -0.4 is 5.32 Å². The second-order valence-electron chi connectivity index (χ2n) is 7.18. The normalized spacial score (nSPS) is 10.9. The van der Waals surface area contributed by atoms with Gasteiger partial charge < -0.3 is 5.32 Å². The summed E-state index contributed by atoms with van der Waals surface area (Å²) < 4.78 is 3.58. The number of para-hydroxylation sites is 1. The Morgan fingerprint density at radius 1 is 1.00 bits per heavy atom. The van der Waals surface area contributed by atoms with Gasteiger partial charge in [0.1, 0.15) is 0 Å². The van der Waals surface area contributed by atoms with Crippen LogP contribution in [0.1, 0.15) is 33.0 Å². The van der Waals surface area contributed by atoms with Crippen molar-refractivity contribution in [3.05, 3.63) is 100 Å². The van der Waals surface area contributed by atoms with Crippen LogP contribution in [0.5, 0.6) is 0 Å². The van der Waals surface area contributed by atoms with Crippen molar-refractivity contribution in [1.29, 1.82) is 0 Å². The third kappa shape index (κ3) is 4.44. The fraction of sp³-hybridized carbons (Fsp3) is 0.174. The molecule has 4 aromatic rings. The number of aromatic nitrogens is 4. The van der Waals surface area contributed by atoms with Gasteiger partial charge in [0.05, 0.1) is 22.9 Å². The van der Waals surface area contributed by atoms with Crippen LogP contribution in [0.15, 0.2) is 66.9 Å². The van der Waals surface area contributed by atoms with E-state index in [1.165, 1.54) is 0 Å². The van der Waals surface area contributed by atoms with Crippen molar-refractivity contribution in [2.75, 3.05) is 0 Å². The molecule has 152 valence electrons. The van der Waals surface area contributed by atoms with Gasteiger partial charge in [-0.15, -0.1) is 0 Å². The summed E-state index contributed by atoms with van der Waals surface area (Å²) in [6, 6.07) is 19.2. The molecule has 0 atom stereocenters. The zero-order valence-electron chi connectivity index (χ0n) is 16.8. The molecule has 0 saturated heterocycles. The molecule has 0 fully saturated rings. The second-order valence-corrected chi connectivity index (χ2v) is 7.59. The summed E-state index contributed by atoms with van der Waals surface area (Å²) in [5, 5.41) is 12.4. The van der Waals surface area contributed by atoms with E-state index in [9.17, 15) is 4.79 Å². The first kappa shape index (κ1) is 19.9. The predicted molar refractivity (Wildman–Crippen MR) is 117 cm³/mol. The number of rotatable bonds is 6. The van der Waals surface area contributed by atoms with E-state index in [4.69, 9.17) is 11.6 Å². The van der Waals surface area contributed by atoms with Crippen LogP contribution in [0.2, 0.25) is 5.02 Å². The molecule has 2 heterocycles. The fourth-order valence-corrected chi connectivity index (χ4v) is 3.56. The zero-order valence-corrected chi connectivity index (χ0v) is 17.6. The van der Waals surface area contributed by atoms with Crippen LogP contribution in [-0.2, 0) is 13.1 Å². The first-order valence-corrected chi connectivity index (χ1v) is 10.0. The van der Waals surface area contributed by atoms with E-state index in [-0.39, 0.29) is 5.91 Å². The third-order valence-electron chi connectivity index (χ3n) is 4.80. The Morgan fingerprint density at radius 3 is 2.57 bits per heavy atom. The van der Waals surface area contributed by atoms with Crippen molar-refractivity contribution >= 4 is 17.5 Å². The van der Waals surface area contributed by atoms with Crippen LogP contribution in [0.3, 0.4) is 0 Å². The first-order chi connectivity index (χ1) is 14.5. The highest BCUT2D eigenvalue weighted by atomic mass is 35.5. The lowest BCUT2D eigenvalue weighted by Crippen LogP contribution is -2.23. The number of halogens is 1. The van der Waals surface area contributed by atoms with E-state index in [0.717, 1.165) is 28.2 Å². The molecular formula is C23H22ClN5O. The van der Waals surface area contributed by atoms with E-state index in [0.29, 0.717) is 23.8 Å². The molecule has 0 aliphatic carbocycles. The van der Waals surface area contributed by atoms with Gasteiger partial charge in [-0.05, 0) is 49.2 Å². The van der Waals surface area contributed by atoms with Gasteiger partial charge in [-0.25, -0.2) is 4.68 Å². The molecule has 0 aliphatic rings. The van der Waals surface area contributed by atoms with Crippen molar-refractivity contribution in [2.45, 2.75) is 26.9 Å². The Balaban J connectivity index is 1.41. The summed E-state index contributed by atoms with van der Waals surface area (Å²) in [5.74, 6) is -0.232. The minimum absolute atomic E-state index is 0.232. The quantitative estimate of drug-likeness (QED) is 0.506. The molecule has 2 aromatic heterocycles. The molecule has 0 saturated carbocycles. The van der Waals surface area contributed by atoms with E-state index in [2.05, 4.69) is 33.7 Å². The van der Waals surface area contributed by atoms with E-state index >= 15 is 0 Å². The maximum Gasteiger partial charge on any atom is 0.272 e.